The number of halogens is 1. The third-order valence-electron chi connectivity index (χ3n) is 1.47. The van der Waals surface area contributed by atoms with Crippen LogP contribution in [0.1, 0.15) is 10.5 Å². The van der Waals surface area contributed by atoms with Gasteiger partial charge in [-0.2, -0.15) is 0 Å². The van der Waals surface area contributed by atoms with Gasteiger partial charge in [0.15, 0.2) is 13.5 Å². The van der Waals surface area contributed by atoms with Gasteiger partial charge in [-0.05, 0) is 15.9 Å². The van der Waals surface area contributed by atoms with Crippen LogP contribution in [0, 0.1) is 0 Å². The Balaban J connectivity index is 3.22. The maximum absolute atomic E-state index is 11.1. The third-order valence-corrected chi connectivity index (χ3v) is 2.02. The van der Waals surface area contributed by atoms with Gasteiger partial charge in [0, 0.05) is 7.05 Å². The fraction of sp³-hybridized carbons (Fsp3) is 0.333. The first-order valence-electron chi connectivity index (χ1n) is 3.14. The molecule has 62 valence electrons. The maximum Gasteiger partial charge on any atom is 0.357 e. The molecular weight excluding hydrogens is 223 g/mol. The van der Waals surface area contributed by atoms with E-state index in [0.717, 1.165) is 0 Å². The molecule has 0 bridgehead atoms. The number of ether oxygens (including phenoxy) is 1. The average molecular weight is 229 g/mol. The summed E-state index contributed by atoms with van der Waals surface area (Å²) in [6.45, 7) is 0. The van der Waals surface area contributed by atoms with E-state index >= 15 is 0 Å². The molecule has 1 heterocycles. The number of rotatable bonds is 1. The molecule has 1 aromatic heterocycles. The summed E-state index contributed by atoms with van der Waals surface area (Å²) in [6.07, 6.45) is 0. The quantitative estimate of drug-likeness (QED) is 0.493. The largest absolute Gasteiger partial charge is 0.464 e. The number of methoxy groups -OCH3 is 1. The zero-order valence-corrected chi connectivity index (χ0v) is 8.25. The van der Waals surface area contributed by atoms with Gasteiger partial charge in [0.1, 0.15) is 4.60 Å². The first-order chi connectivity index (χ1) is 5.57. The summed E-state index contributed by atoms with van der Waals surface area (Å²) in [6, 6.07) is 0. The summed E-state index contributed by atoms with van der Waals surface area (Å²) in [5, 5.41) is 0. The summed E-state index contributed by atoms with van der Waals surface area (Å²) in [7, 11) is 8.39. The highest BCUT2D eigenvalue weighted by Gasteiger charge is 2.17. The lowest BCUT2D eigenvalue weighted by molar-refractivity contribution is 0.0589. The van der Waals surface area contributed by atoms with Crippen molar-refractivity contribution in [3.05, 3.63) is 10.3 Å². The van der Waals surface area contributed by atoms with Gasteiger partial charge in [0.05, 0.1) is 12.8 Å². The number of esters is 1. The Morgan fingerprint density at radius 1 is 1.75 bits per heavy atom. The number of imidazole rings is 1. The Labute approximate surface area is 79.5 Å². The van der Waals surface area contributed by atoms with E-state index in [1.54, 1.807) is 7.05 Å². The van der Waals surface area contributed by atoms with E-state index in [1.807, 2.05) is 0 Å². The van der Waals surface area contributed by atoms with Gasteiger partial charge in [-0.3, -0.25) is 0 Å². The summed E-state index contributed by atoms with van der Waals surface area (Å²) in [5.41, 5.74) is 0.581. The van der Waals surface area contributed by atoms with Gasteiger partial charge >= 0.3 is 5.97 Å². The normalized spacial score (nSPS) is 9.92. The van der Waals surface area contributed by atoms with Gasteiger partial charge in [0.2, 0.25) is 0 Å². The molecule has 0 saturated heterocycles. The highest BCUT2D eigenvalue weighted by Crippen LogP contribution is 2.12. The predicted octanol–water partition coefficient (Wildman–Crippen LogP) is -0.237. The van der Waals surface area contributed by atoms with E-state index in [2.05, 4.69) is 25.7 Å². The van der Waals surface area contributed by atoms with Gasteiger partial charge in [-0.15, -0.1) is 0 Å². The van der Waals surface area contributed by atoms with Crippen molar-refractivity contribution in [3.63, 3.8) is 0 Å². The first kappa shape index (κ1) is 9.31. The SMILES string of the molecule is [B]c1nc(Br)c(C(=O)OC)n1C. The van der Waals surface area contributed by atoms with Crippen LogP contribution in [0.3, 0.4) is 0 Å². The average Bonchev–Trinajstić information content (AvgIpc) is 2.26. The van der Waals surface area contributed by atoms with Crippen LogP contribution in [0.5, 0.6) is 0 Å². The molecule has 0 aliphatic rings. The molecule has 0 aliphatic carbocycles. The van der Waals surface area contributed by atoms with Crippen LogP contribution in [0.2, 0.25) is 0 Å². The third kappa shape index (κ3) is 1.39. The van der Waals surface area contributed by atoms with Gasteiger partial charge in [-0.1, -0.05) is 0 Å². The molecule has 0 aliphatic heterocycles. The summed E-state index contributed by atoms with van der Waals surface area (Å²) in [4.78, 5) is 14.9. The molecule has 0 amide bonds. The van der Waals surface area contributed by atoms with Crippen molar-refractivity contribution >= 4 is 35.5 Å². The fourth-order valence-electron chi connectivity index (χ4n) is 0.799. The Morgan fingerprint density at radius 2 is 2.33 bits per heavy atom. The van der Waals surface area contributed by atoms with Crippen LogP contribution < -0.4 is 5.72 Å². The van der Waals surface area contributed by atoms with E-state index < -0.39 is 5.97 Å². The molecule has 12 heavy (non-hydrogen) atoms. The Morgan fingerprint density at radius 3 is 2.67 bits per heavy atom. The standard InChI is InChI=1S/C6H6BBrN2O2/c1-10-3(5(11)12-2)4(8)9-6(10)7/h1-2H3. The molecule has 2 radical (unpaired) electrons. The molecule has 0 spiro atoms. The van der Waals surface area contributed by atoms with Crippen LogP contribution in [-0.2, 0) is 11.8 Å². The number of hydrogen-bond donors (Lipinski definition) is 0. The molecule has 0 saturated carbocycles. The number of aromatic nitrogens is 2. The van der Waals surface area contributed by atoms with Crippen molar-refractivity contribution in [1.29, 1.82) is 0 Å². The van der Waals surface area contributed by atoms with Crippen LogP contribution in [0.25, 0.3) is 0 Å². The summed E-state index contributed by atoms with van der Waals surface area (Å²) >= 11 is 3.10. The van der Waals surface area contributed by atoms with Crippen molar-refractivity contribution in [2.24, 2.45) is 7.05 Å². The molecule has 0 atom stereocenters. The van der Waals surface area contributed by atoms with Crippen LogP contribution in [0.4, 0.5) is 0 Å². The molecule has 4 nitrogen and oxygen atoms in total. The second-order valence-corrected chi connectivity index (χ2v) is 2.91. The first-order valence-corrected chi connectivity index (χ1v) is 3.93. The molecule has 0 fully saturated rings. The van der Waals surface area contributed by atoms with Crippen molar-refractivity contribution < 1.29 is 9.53 Å². The lowest BCUT2D eigenvalue weighted by Gasteiger charge is -2.00. The maximum atomic E-state index is 11.1. The number of hydrogen-bond acceptors (Lipinski definition) is 3. The van der Waals surface area contributed by atoms with Crippen molar-refractivity contribution in [2.45, 2.75) is 0 Å². The van der Waals surface area contributed by atoms with Crippen molar-refractivity contribution in [1.82, 2.24) is 9.55 Å². The van der Waals surface area contributed by atoms with Gasteiger partial charge in [0.25, 0.3) is 0 Å². The Bertz CT molecular complexity index is 324. The molecule has 1 rings (SSSR count). The minimum atomic E-state index is -0.464. The van der Waals surface area contributed by atoms with Gasteiger partial charge in [-0.25, -0.2) is 9.78 Å². The molecule has 6 heteroatoms. The minimum absolute atomic E-state index is 0.266. The summed E-state index contributed by atoms with van der Waals surface area (Å²) < 4.78 is 6.38. The molecule has 0 aromatic carbocycles. The fourth-order valence-corrected chi connectivity index (χ4v) is 1.41. The van der Waals surface area contributed by atoms with Crippen LogP contribution >= 0.6 is 15.9 Å². The van der Waals surface area contributed by atoms with Crippen LogP contribution in [0.15, 0.2) is 4.60 Å². The van der Waals surface area contributed by atoms with Crippen molar-refractivity contribution in [2.75, 3.05) is 7.11 Å². The van der Waals surface area contributed by atoms with Gasteiger partial charge < -0.3 is 9.30 Å². The lowest BCUT2D eigenvalue weighted by Crippen LogP contribution is -2.19. The number of carbonyl (C=O) groups is 1. The number of nitrogens with zero attached hydrogens (tertiary/aromatic N) is 2. The smallest absolute Gasteiger partial charge is 0.357 e. The van der Waals surface area contributed by atoms with E-state index in [9.17, 15) is 4.79 Å². The molecular formula is C6H6BBrN2O2. The molecule has 0 unspecified atom stereocenters. The Hall–Kier alpha value is -0.775. The second-order valence-electron chi connectivity index (χ2n) is 2.16. The minimum Gasteiger partial charge on any atom is -0.464 e. The lowest BCUT2D eigenvalue weighted by atomic mass is 10.1. The highest BCUT2D eigenvalue weighted by atomic mass is 79.9. The topological polar surface area (TPSA) is 44.1 Å². The van der Waals surface area contributed by atoms with E-state index in [4.69, 9.17) is 7.85 Å². The summed E-state index contributed by atoms with van der Waals surface area (Å²) in [5.74, 6) is -0.464. The highest BCUT2D eigenvalue weighted by molar-refractivity contribution is 9.10. The van der Waals surface area contributed by atoms with Crippen LogP contribution in [-0.4, -0.2) is 30.5 Å². The van der Waals surface area contributed by atoms with Crippen molar-refractivity contribution in [3.8, 4) is 0 Å². The molecule has 0 N–H and O–H groups in total. The van der Waals surface area contributed by atoms with E-state index in [-0.39, 0.29) is 5.72 Å². The van der Waals surface area contributed by atoms with E-state index in [1.165, 1.54) is 11.7 Å². The van der Waals surface area contributed by atoms with E-state index in [0.29, 0.717) is 10.3 Å². The second kappa shape index (κ2) is 3.31. The molecule has 1 aromatic rings. The monoisotopic (exact) mass is 228 g/mol. The zero-order chi connectivity index (χ0) is 9.30. The zero-order valence-electron chi connectivity index (χ0n) is 6.67. The Kier molecular flexibility index (Phi) is 2.57. The number of carbonyl (C=O) groups excluding carboxylic acids is 1. The predicted molar refractivity (Wildman–Crippen MR) is 47.6 cm³/mol.